The molecule has 1 fully saturated rings. The van der Waals surface area contributed by atoms with E-state index in [2.05, 4.69) is 30.7 Å². The quantitative estimate of drug-likeness (QED) is 0.876. The molecule has 0 radical (unpaired) electrons. The van der Waals surface area contributed by atoms with Gasteiger partial charge in [-0.2, -0.15) is 0 Å². The normalized spacial score (nSPS) is 22.8. The third-order valence-electron chi connectivity index (χ3n) is 4.06. The number of nitrogens with one attached hydrogen (secondary N) is 1. The van der Waals surface area contributed by atoms with Crippen LogP contribution in [0, 0.1) is 5.92 Å². The Morgan fingerprint density at radius 1 is 1.52 bits per heavy atom. The predicted octanol–water partition coefficient (Wildman–Crippen LogP) is 2.39. The lowest BCUT2D eigenvalue weighted by Gasteiger charge is -2.40. The van der Waals surface area contributed by atoms with Crippen LogP contribution in [-0.4, -0.2) is 46.1 Å². The fourth-order valence-corrected chi connectivity index (χ4v) is 2.69. The summed E-state index contributed by atoms with van der Waals surface area (Å²) in [6.45, 7) is 7.92. The highest BCUT2D eigenvalue weighted by molar-refractivity contribution is 5.78. The molecule has 2 heterocycles. The van der Waals surface area contributed by atoms with Crippen LogP contribution in [0.4, 0.5) is 0 Å². The van der Waals surface area contributed by atoms with Crippen molar-refractivity contribution in [3.8, 4) is 0 Å². The van der Waals surface area contributed by atoms with Crippen LogP contribution >= 0.6 is 0 Å². The van der Waals surface area contributed by atoms with E-state index in [1.54, 1.807) is 12.5 Å². The van der Waals surface area contributed by atoms with Gasteiger partial charge in [0.1, 0.15) is 0 Å². The van der Waals surface area contributed by atoms with Crippen molar-refractivity contribution in [2.75, 3.05) is 13.1 Å². The van der Waals surface area contributed by atoms with Crippen molar-refractivity contribution in [1.82, 2.24) is 14.9 Å². The van der Waals surface area contributed by atoms with Crippen LogP contribution in [0.5, 0.6) is 0 Å². The average Bonchev–Trinajstić information content (AvgIpc) is 2.97. The first-order chi connectivity index (χ1) is 10.1. The highest BCUT2D eigenvalue weighted by atomic mass is 16.5. The summed E-state index contributed by atoms with van der Waals surface area (Å²) in [4.78, 5) is 21.4. The largest absolute Gasteiger partial charge is 0.371 e. The Morgan fingerprint density at radius 2 is 2.33 bits per heavy atom. The van der Waals surface area contributed by atoms with Crippen molar-refractivity contribution in [3.05, 3.63) is 18.2 Å². The molecular weight excluding hydrogens is 266 g/mol. The number of carbonyl (C=O) groups excluding carboxylic acids is 1. The third-order valence-corrected chi connectivity index (χ3v) is 4.06. The molecule has 1 saturated heterocycles. The van der Waals surface area contributed by atoms with E-state index in [4.69, 9.17) is 4.74 Å². The summed E-state index contributed by atoms with van der Waals surface area (Å²) in [6.07, 6.45) is 7.39. The minimum atomic E-state index is 0.145. The second-order valence-electron chi connectivity index (χ2n) is 6.24. The van der Waals surface area contributed by atoms with Crippen molar-refractivity contribution in [1.29, 1.82) is 0 Å². The first kappa shape index (κ1) is 16.0. The van der Waals surface area contributed by atoms with E-state index in [-0.39, 0.29) is 18.1 Å². The average molecular weight is 293 g/mol. The second kappa shape index (κ2) is 7.59. The number of rotatable bonds is 6. The zero-order valence-electron chi connectivity index (χ0n) is 13.3. The molecule has 5 heteroatoms. The Hall–Kier alpha value is -1.36. The van der Waals surface area contributed by atoms with Crippen LogP contribution in [-0.2, 0) is 16.0 Å². The minimum Gasteiger partial charge on any atom is -0.371 e. The number of morpholine rings is 1. The number of ether oxygens (including phenoxy) is 1. The number of carbonyl (C=O) groups is 1. The number of unbranched alkanes of at least 4 members (excludes halogenated alkanes) is 1. The molecule has 0 spiro atoms. The second-order valence-corrected chi connectivity index (χ2v) is 6.24. The summed E-state index contributed by atoms with van der Waals surface area (Å²) in [7, 11) is 0. The van der Waals surface area contributed by atoms with Gasteiger partial charge < -0.3 is 14.6 Å². The molecule has 5 nitrogen and oxygen atoms in total. The summed E-state index contributed by atoms with van der Waals surface area (Å²) in [6, 6.07) is 0. The Morgan fingerprint density at radius 3 is 2.95 bits per heavy atom. The Labute approximate surface area is 127 Å². The van der Waals surface area contributed by atoms with Crippen LogP contribution in [0.25, 0.3) is 0 Å². The van der Waals surface area contributed by atoms with Crippen LogP contribution in [0.1, 0.15) is 45.7 Å². The lowest BCUT2D eigenvalue weighted by atomic mass is 10.0. The molecule has 2 atom stereocenters. The Bertz CT molecular complexity index is 431. The number of aromatic nitrogens is 2. The van der Waals surface area contributed by atoms with E-state index in [0.717, 1.165) is 31.5 Å². The van der Waals surface area contributed by atoms with Gasteiger partial charge in [-0.1, -0.05) is 33.6 Å². The number of hydrogen-bond donors (Lipinski definition) is 1. The maximum Gasteiger partial charge on any atom is 0.228 e. The number of aromatic amines is 1. The lowest BCUT2D eigenvalue weighted by molar-refractivity contribution is -0.149. The zero-order valence-corrected chi connectivity index (χ0v) is 13.3. The lowest BCUT2D eigenvalue weighted by Crippen LogP contribution is -2.52. The van der Waals surface area contributed by atoms with E-state index < -0.39 is 0 Å². The summed E-state index contributed by atoms with van der Waals surface area (Å²) < 4.78 is 6.15. The molecule has 1 aromatic heterocycles. The van der Waals surface area contributed by atoms with Gasteiger partial charge in [-0.25, -0.2) is 4.98 Å². The summed E-state index contributed by atoms with van der Waals surface area (Å²) in [5.74, 6) is 0.589. The molecule has 21 heavy (non-hydrogen) atoms. The van der Waals surface area contributed by atoms with E-state index in [1.165, 1.54) is 0 Å². The van der Waals surface area contributed by atoms with Crippen molar-refractivity contribution < 1.29 is 9.53 Å². The van der Waals surface area contributed by atoms with E-state index >= 15 is 0 Å². The molecule has 0 aliphatic carbocycles. The topological polar surface area (TPSA) is 58.2 Å². The monoisotopic (exact) mass is 293 g/mol. The molecule has 2 rings (SSSR count). The van der Waals surface area contributed by atoms with Crippen molar-refractivity contribution >= 4 is 5.91 Å². The van der Waals surface area contributed by atoms with Crippen molar-refractivity contribution in [2.24, 2.45) is 5.92 Å². The number of amides is 1. The van der Waals surface area contributed by atoms with E-state index in [9.17, 15) is 4.79 Å². The summed E-state index contributed by atoms with van der Waals surface area (Å²) in [5, 5.41) is 0. The van der Waals surface area contributed by atoms with E-state index in [1.807, 2.05) is 4.90 Å². The van der Waals surface area contributed by atoms with Gasteiger partial charge in [0.2, 0.25) is 5.91 Å². The smallest absolute Gasteiger partial charge is 0.228 e. The van der Waals surface area contributed by atoms with Gasteiger partial charge in [-0.3, -0.25) is 4.79 Å². The molecule has 1 aliphatic rings. The van der Waals surface area contributed by atoms with Gasteiger partial charge in [-0.05, 0) is 12.3 Å². The van der Waals surface area contributed by atoms with Crippen LogP contribution in [0.2, 0.25) is 0 Å². The van der Waals surface area contributed by atoms with Crippen molar-refractivity contribution in [3.63, 3.8) is 0 Å². The van der Waals surface area contributed by atoms with Gasteiger partial charge >= 0.3 is 0 Å². The van der Waals surface area contributed by atoms with Crippen LogP contribution in [0.3, 0.4) is 0 Å². The van der Waals surface area contributed by atoms with Gasteiger partial charge in [-0.15, -0.1) is 0 Å². The standard InChI is InChI=1S/C16H27N3O2/c1-4-5-6-14-9-19(10-15(21-14)12(2)3)16(20)7-13-8-17-11-18-13/h8,11-12,14-15H,4-7,9-10H2,1-3H3,(H,17,18)/t14-,15-/m1/s1. The first-order valence-corrected chi connectivity index (χ1v) is 8.00. The Balaban J connectivity index is 1.97. The number of H-pyrrole nitrogens is 1. The molecular formula is C16H27N3O2. The first-order valence-electron chi connectivity index (χ1n) is 8.00. The molecule has 0 aromatic carbocycles. The van der Waals surface area contributed by atoms with Gasteiger partial charge in [0.15, 0.2) is 0 Å². The molecule has 1 N–H and O–H groups in total. The molecule has 1 aliphatic heterocycles. The SMILES string of the molecule is CCCC[C@@H]1CN(C(=O)Cc2cnc[nH]2)C[C@H](C(C)C)O1. The molecule has 1 amide bonds. The number of nitrogens with zero attached hydrogens (tertiary/aromatic N) is 2. The van der Waals surface area contributed by atoms with Crippen LogP contribution in [0.15, 0.2) is 12.5 Å². The summed E-state index contributed by atoms with van der Waals surface area (Å²) >= 11 is 0. The minimum absolute atomic E-state index is 0.145. The third kappa shape index (κ3) is 4.56. The molecule has 118 valence electrons. The van der Waals surface area contributed by atoms with Gasteiger partial charge in [0, 0.05) is 25.0 Å². The maximum absolute atomic E-state index is 12.5. The highest BCUT2D eigenvalue weighted by Crippen LogP contribution is 2.21. The predicted molar refractivity (Wildman–Crippen MR) is 81.9 cm³/mol. The zero-order chi connectivity index (χ0) is 15.2. The Kier molecular flexibility index (Phi) is 5.79. The van der Waals surface area contributed by atoms with Crippen LogP contribution < -0.4 is 0 Å². The molecule has 0 bridgehead atoms. The molecule has 1 aromatic rings. The van der Waals surface area contributed by atoms with E-state index in [0.29, 0.717) is 18.9 Å². The van der Waals surface area contributed by atoms with Crippen molar-refractivity contribution in [2.45, 2.75) is 58.7 Å². The van der Waals surface area contributed by atoms with Gasteiger partial charge in [0.25, 0.3) is 0 Å². The molecule has 0 saturated carbocycles. The number of hydrogen-bond acceptors (Lipinski definition) is 3. The summed E-state index contributed by atoms with van der Waals surface area (Å²) in [5.41, 5.74) is 0.873. The highest BCUT2D eigenvalue weighted by Gasteiger charge is 2.31. The van der Waals surface area contributed by atoms with Gasteiger partial charge in [0.05, 0.1) is 25.0 Å². The molecule has 0 unspecified atom stereocenters. The fraction of sp³-hybridized carbons (Fsp3) is 0.750. The number of imidazole rings is 1. The maximum atomic E-state index is 12.5. The fourth-order valence-electron chi connectivity index (χ4n) is 2.69.